The van der Waals surface area contributed by atoms with Gasteiger partial charge in [-0.15, -0.1) is 0 Å². The quantitative estimate of drug-likeness (QED) is 0.886. The number of rotatable bonds is 3. The summed E-state index contributed by atoms with van der Waals surface area (Å²) in [5, 5.41) is 0. The van der Waals surface area contributed by atoms with Crippen LogP contribution in [-0.2, 0) is 0 Å². The Hall–Kier alpha value is -0.410. The maximum atomic E-state index is 5.95. The molecule has 0 aromatic carbocycles. The highest BCUT2D eigenvalue weighted by molar-refractivity contribution is 9.10. The Labute approximate surface area is 87.7 Å². The normalized spacial score (nSPS) is 12.9. The number of aromatic nitrogens is 1. The van der Waals surface area contributed by atoms with E-state index in [0.717, 1.165) is 23.0 Å². The van der Waals surface area contributed by atoms with Crippen molar-refractivity contribution in [3.05, 3.63) is 28.0 Å². The third kappa shape index (κ3) is 2.78. The van der Waals surface area contributed by atoms with Crippen LogP contribution in [0.2, 0.25) is 0 Å². The summed E-state index contributed by atoms with van der Waals surface area (Å²) in [6.07, 6.45) is 3.91. The van der Waals surface area contributed by atoms with E-state index in [9.17, 15) is 0 Å². The summed E-state index contributed by atoms with van der Waals surface area (Å²) in [5.41, 5.74) is 8.13. The minimum Gasteiger partial charge on any atom is -0.323 e. The van der Waals surface area contributed by atoms with E-state index in [1.165, 1.54) is 5.56 Å². The predicted octanol–water partition coefficient (Wildman–Crippen LogP) is 2.95. The molecule has 0 aliphatic heterocycles. The first-order valence-corrected chi connectivity index (χ1v) is 5.32. The first kappa shape index (κ1) is 10.7. The Morgan fingerprint density at radius 1 is 1.62 bits per heavy atom. The van der Waals surface area contributed by atoms with Crippen LogP contribution in [0.15, 0.2) is 16.7 Å². The molecule has 0 spiro atoms. The van der Waals surface area contributed by atoms with E-state index in [1.54, 1.807) is 0 Å². The van der Waals surface area contributed by atoms with Crippen LogP contribution in [0.25, 0.3) is 0 Å². The molecule has 0 aliphatic rings. The second-order valence-corrected chi connectivity index (χ2v) is 4.11. The molecule has 1 aromatic rings. The van der Waals surface area contributed by atoms with E-state index in [0.29, 0.717) is 0 Å². The molecule has 0 aliphatic carbocycles. The summed E-state index contributed by atoms with van der Waals surface area (Å²) in [7, 11) is 0. The highest BCUT2D eigenvalue weighted by Gasteiger charge is 2.07. The van der Waals surface area contributed by atoms with Crippen molar-refractivity contribution in [1.29, 1.82) is 0 Å². The van der Waals surface area contributed by atoms with Crippen molar-refractivity contribution in [3.8, 4) is 0 Å². The number of pyridine rings is 1. The van der Waals surface area contributed by atoms with Gasteiger partial charge in [0.15, 0.2) is 0 Å². The highest BCUT2D eigenvalue weighted by atomic mass is 79.9. The van der Waals surface area contributed by atoms with Gasteiger partial charge in [0.05, 0.1) is 5.69 Å². The van der Waals surface area contributed by atoms with E-state index in [-0.39, 0.29) is 6.04 Å². The Bertz CT molecular complexity index is 286. The van der Waals surface area contributed by atoms with Crippen LogP contribution in [0.5, 0.6) is 0 Å². The summed E-state index contributed by atoms with van der Waals surface area (Å²) in [5.74, 6) is 0. The molecular formula is C10H15BrN2. The maximum absolute atomic E-state index is 5.95. The van der Waals surface area contributed by atoms with E-state index in [4.69, 9.17) is 5.73 Å². The Morgan fingerprint density at radius 2 is 2.31 bits per heavy atom. The molecule has 1 unspecified atom stereocenters. The molecule has 0 fully saturated rings. The van der Waals surface area contributed by atoms with Crippen molar-refractivity contribution in [2.45, 2.75) is 32.7 Å². The third-order valence-corrected chi connectivity index (χ3v) is 2.88. The molecule has 3 heteroatoms. The minimum atomic E-state index is 0.0804. The first-order valence-electron chi connectivity index (χ1n) is 4.52. The van der Waals surface area contributed by atoms with Gasteiger partial charge in [-0.1, -0.05) is 13.3 Å². The summed E-state index contributed by atoms with van der Waals surface area (Å²) < 4.78 is 1.04. The molecule has 2 nitrogen and oxygen atoms in total. The maximum Gasteiger partial charge on any atom is 0.0574 e. The first-order chi connectivity index (χ1) is 6.15. The SMILES string of the molecule is CCCC(N)c1cc(C)c(Br)cn1. The second kappa shape index (κ2) is 4.72. The zero-order valence-electron chi connectivity index (χ0n) is 8.05. The molecule has 1 rings (SSSR count). The molecule has 0 saturated carbocycles. The van der Waals surface area contributed by atoms with Crippen molar-refractivity contribution in [3.63, 3.8) is 0 Å². The van der Waals surface area contributed by atoms with Crippen LogP contribution in [0.1, 0.15) is 37.1 Å². The zero-order valence-corrected chi connectivity index (χ0v) is 9.63. The fourth-order valence-corrected chi connectivity index (χ4v) is 1.44. The average Bonchev–Trinajstić information content (AvgIpc) is 2.10. The molecule has 0 amide bonds. The standard InChI is InChI=1S/C10H15BrN2/c1-3-4-9(12)10-5-7(2)8(11)6-13-10/h5-6,9H,3-4,12H2,1-2H3. The topological polar surface area (TPSA) is 38.9 Å². The molecule has 0 bridgehead atoms. The van der Waals surface area contributed by atoms with Gasteiger partial charge in [-0.3, -0.25) is 4.98 Å². The van der Waals surface area contributed by atoms with Gasteiger partial charge in [0.2, 0.25) is 0 Å². The van der Waals surface area contributed by atoms with Crippen LogP contribution in [0.4, 0.5) is 0 Å². The molecule has 1 aromatic heterocycles. The Morgan fingerprint density at radius 3 is 2.85 bits per heavy atom. The Balaban J connectivity index is 2.84. The van der Waals surface area contributed by atoms with Crippen molar-refractivity contribution >= 4 is 15.9 Å². The van der Waals surface area contributed by atoms with Crippen LogP contribution >= 0.6 is 15.9 Å². The van der Waals surface area contributed by atoms with Gasteiger partial charge in [-0.05, 0) is 40.9 Å². The fourth-order valence-electron chi connectivity index (χ4n) is 1.22. The van der Waals surface area contributed by atoms with E-state index in [1.807, 2.05) is 19.2 Å². The van der Waals surface area contributed by atoms with E-state index >= 15 is 0 Å². The summed E-state index contributed by atoms with van der Waals surface area (Å²) in [6, 6.07) is 2.13. The van der Waals surface area contributed by atoms with Crippen LogP contribution in [-0.4, -0.2) is 4.98 Å². The lowest BCUT2D eigenvalue weighted by atomic mass is 10.1. The van der Waals surface area contributed by atoms with Crippen molar-refractivity contribution < 1.29 is 0 Å². The molecule has 1 heterocycles. The summed E-state index contributed by atoms with van der Waals surface area (Å²) >= 11 is 3.41. The van der Waals surface area contributed by atoms with Crippen LogP contribution < -0.4 is 5.73 Å². The third-order valence-electron chi connectivity index (χ3n) is 2.05. The molecule has 0 radical (unpaired) electrons. The minimum absolute atomic E-state index is 0.0804. The molecule has 2 N–H and O–H groups in total. The Kier molecular flexibility index (Phi) is 3.88. The van der Waals surface area contributed by atoms with Crippen molar-refractivity contribution in [1.82, 2.24) is 4.98 Å². The van der Waals surface area contributed by atoms with Gasteiger partial charge < -0.3 is 5.73 Å². The van der Waals surface area contributed by atoms with Gasteiger partial charge in [0.25, 0.3) is 0 Å². The number of nitrogens with zero attached hydrogens (tertiary/aromatic N) is 1. The molecular weight excluding hydrogens is 228 g/mol. The van der Waals surface area contributed by atoms with Crippen LogP contribution in [0.3, 0.4) is 0 Å². The molecule has 1 atom stereocenters. The van der Waals surface area contributed by atoms with Crippen molar-refractivity contribution in [2.75, 3.05) is 0 Å². The molecule has 72 valence electrons. The molecule has 13 heavy (non-hydrogen) atoms. The lowest BCUT2D eigenvalue weighted by molar-refractivity contribution is 0.621. The largest absolute Gasteiger partial charge is 0.323 e. The highest BCUT2D eigenvalue weighted by Crippen LogP contribution is 2.19. The summed E-state index contributed by atoms with van der Waals surface area (Å²) in [4.78, 5) is 4.29. The lowest BCUT2D eigenvalue weighted by Crippen LogP contribution is -2.11. The number of halogens is 1. The smallest absolute Gasteiger partial charge is 0.0574 e. The predicted molar refractivity (Wildman–Crippen MR) is 58.5 cm³/mol. The number of aryl methyl sites for hydroxylation is 1. The molecule has 0 saturated heterocycles. The number of hydrogen-bond acceptors (Lipinski definition) is 2. The number of hydrogen-bond donors (Lipinski definition) is 1. The lowest BCUT2D eigenvalue weighted by Gasteiger charge is -2.10. The average molecular weight is 243 g/mol. The second-order valence-electron chi connectivity index (χ2n) is 3.25. The van der Waals surface area contributed by atoms with Gasteiger partial charge in [-0.25, -0.2) is 0 Å². The van der Waals surface area contributed by atoms with E-state index < -0.39 is 0 Å². The monoisotopic (exact) mass is 242 g/mol. The van der Waals surface area contributed by atoms with Gasteiger partial charge in [0, 0.05) is 16.7 Å². The zero-order chi connectivity index (χ0) is 9.84. The van der Waals surface area contributed by atoms with Crippen molar-refractivity contribution in [2.24, 2.45) is 5.73 Å². The van der Waals surface area contributed by atoms with Gasteiger partial charge >= 0.3 is 0 Å². The fraction of sp³-hybridized carbons (Fsp3) is 0.500. The van der Waals surface area contributed by atoms with Gasteiger partial charge in [0.1, 0.15) is 0 Å². The van der Waals surface area contributed by atoms with E-state index in [2.05, 4.69) is 27.8 Å². The van der Waals surface area contributed by atoms with Gasteiger partial charge in [-0.2, -0.15) is 0 Å². The summed E-state index contributed by atoms with van der Waals surface area (Å²) in [6.45, 7) is 4.18. The van der Waals surface area contributed by atoms with Crippen LogP contribution in [0, 0.1) is 6.92 Å². The number of nitrogens with two attached hydrogens (primary N) is 1.